The van der Waals surface area contributed by atoms with E-state index in [1.165, 1.54) is 5.56 Å². The predicted octanol–water partition coefficient (Wildman–Crippen LogP) is 2.80. The highest BCUT2D eigenvalue weighted by atomic mass is 16.5. The van der Waals surface area contributed by atoms with Crippen molar-refractivity contribution >= 4 is 17.3 Å². The van der Waals surface area contributed by atoms with Gasteiger partial charge in [-0.05, 0) is 48.2 Å². The third-order valence-electron chi connectivity index (χ3n) is 4.09. The van der Waals surface area contributed by atoms with Crippen LogP contribution in [0.25, 0.3) is 0 Å². The van der Waals surface area contributed by atoms with E-state index in [2.05, 4.69) is 0 Å². The van der Waals surface area contributed by atoms with Gasteiger partial charge in [0.05, 0.1) is 7.11 Å². The average Bonchev–Trinajstić information content (AvgIpc) is 2.96. The van der Waals surface area contributed by atoms with Crippen molar-refractivity contribution in [3.63, 3.8) is 0 Å². The molecule has 1 heterocycles. The Morgan fingerprint density at radius 3 is 2.73 bits per heavy atom. The minimum absolute atomic E-state index is 0.153. The van der Waals surface area contributed by atoms with E-state index < -0.39 is 0 Å². The van der Waals surface area contributed by atoms with E-state index in [1.807, 2.05) is 47.4 Å². The number of nitrogens with two attached hydrogens (primary N) is 1. The number of aryl methyl sites for hydroxylation is 1. The van der Waals surface area contributed by atoms with Gasteiger partial charge in [0.15, 0.2) is 0 Å². The maximum atomic E-state index is 12.5. The van der Waals surface area contributed by atoms with E-state index in [4.69, 9.17) is 10.5 Å². The fourth-order valence-corrected chi connectivity index (χ4v) is 2.83. The molecule has 0 radical (unpaired) electrons. The Bertz CT molecular complexity index is 680. The minimum atomic E-state index is 0.153. The van der Waals surface area contributed by atoms with Gasteiger partial charge in [0.25, 0.3) is 0 Å². The molecule has 0 spiro atoms. The summed E-state index contributed by atoms with van der Waals surface area (Å²) in [6.45, 7) is 0.750. The quantitative estimate of drug-likeness (QED) is 0.883. The molecule has 4 heteroatoms. The van der Waals surface area contributed by atoms with Crippen molar-refractivity contribution in [2.75, 3.05) is 24.3 Å². The van der Waals surface area contributed by atoms with Crippen molar-refractivity contribution in [2.45, 2.75) is 19.3 Å². The molecule has 0 bridgehead atoms. The van der Waals surface area contributed by atoms with Gasteiger partial charge in [-0.1, -0.05) is 18.2 Å². The van der Waals surface area contributed by atoms with Crippen LogP contribution in [0, 0.1) is 0 Å². The van der Waals surface area contributed by atoms with Gasteiger partial charge in [-0.15, -0.1) is 0 Å². The van der Waals surface area contributed by atoms with Crippen LogP contribution >= 0.6 is 0 Å². The summed E-state index contributed by atoms with van der Waals surface area (Å²) in [5, 5.41) is 0. The number of ether oxygens (including phenoxy) is 1. The smallest absolute Gasteiger partial charge is 0.227 e. The zero-order valence-corrected chi connectivity index (χ0v) is 12.7. The number of methoxy groups -OCH3 is 1. The van der Waals surface area contributed by atoms with Crippen molar-refractivity contribution in [3.8, 4) is 5.75 Å². The fraction of sp³-hybridized carbons (Fsp3) is 0.278. The monoisotopic (exact) mass is 296 g/mol. The second-order valence-corrected chi connectivity index (χ2v) is 5.53. The third-order valence-corrected chi connectivity index (χ3v) is 4.09. The zero-order chi connectivity index (χ0) is 15.5. The minimum Gasteiger partial charge on any atom is -0.497 e. The standard InChI is InChI=1S/C18H20N2O2/c1-22-16-7-2-13(3-8-16)4-9-18(21)20-11-10-14-5-6-15(19)12-17(14)20/h2-3,5-8,12H,4,9-11,19H2,1H3. The van der Waals surface area contributed by atoms with Gasteiger partial charge in [0, 0.05) is 24.3 Å². The molecule has 2 aromatic carbocycles. The Morgan fingerprint density at radius 1 is 1.23 bits per heavy atom. The van der Waals surface area contributed by atoms with Crippen LogP contribution in [0.4, 0.5) is 11.4 Å². The summed E-state index contributed by atoms with van der Waals surface area (Å²) in [5.41, 5.74) is 9.85. The number of benzene rings is 2. The molecule has 1 amide bonds. The van der Waals surface area contributed by atoms with Crippen molar-refractivity contribution in [3.05, 3.63) is 53.6 Å². The Balaban J connectivity index is 1.65. The van der Waals surface area contributed by atoms with Crippen LogP contribution in [0.5, 0.6) is 5.75 Å². The predicted molar refractivity (Wildman–Crippen MR) is 88.2 cm³/mol. The first-order chi connectivity index (χ1) is 10.7. The molecule has 0 saturated heterocycles. The first kappa shape index (κ1) is 14.4. The van der Waals surface area contributed by atoms with Crippen LogP contribution in [0.3, 0.4) is 0 Å². The van der Waals surface area contributed by atoms with E-state index in [0.717, 1.165) is 36.4 Å². The number of nitrogen functional groups attached to an aromatic ring is 1. The summed E-state index contributed by atoms with van der Waals surface area (Å²) in [6.07, 6.45) is 2.14. The lowest BCUT2D eigenvalue weighted by Gasteiger charge is -2.17. The van der Waals surface area contributed by atoms with Gasteiger partial charge in [-0.2, -0.15) is 0 Å². The topological polar surface area (TPSA) is 55.6 Å². The van der Waals surface area contributed by atoms with Gasteiger partial charge >= 0.3 is 0 Å². The summed E-state index contributed by atoms with van der Waals surface area (Å²) >= 11 is 0. The average molecular weight is 296 g/mol. The summed E-state index contributed by atoms with van der Waals surface area (Å²) in [7, 11) is 1.65. The molecular weight excluding hydrogens is 276 g/mol. The van der Waals surface area contributed by atoms with Crippen LogP contribution in [-0.2, 0) is 17.6 Å². The molecule has 114 valence electrons. The molecule has 0 atom stereocenters. The van der Waals surface area contributed by atoms with Gasteiger partial charge < -0.3 is 15.4 Å². The summed E-state index contributed by atoms with van der Waals surface area (Å²) in [5.74, 6) is 0.985. The normalized spacial score (nSPS) is 13.0. The molecule has 0 aromatic heterocycles. The lowest BCUT2D eigenvalue weighted by Crippen LogP contribution is -2.29. The highest BCUT2D eigenvalue weighted by Gasteiger charge is 2.24. The van der Waals surface area contributed by atoms with Crippen LogP contribution < -0.4 is 15.4 Å². The van der Waals surface area contributed by atoms with E-state index in [0.29, 0.717) is 12.1 Å². The Morgan fingerprint density at radius 2 is 2.00 bits per heavy atom. The molecule has 2 N–H and O–H groups in total. The van der Waals surface area contributed by atoms with E-state index >= 15 is 0 Å². The highest BCUT2D eigenvalue weighted by molar-refractivity contribution is 5.96. The molecule has 2 aromatic rings. The lowest BCUT2D eigenvalue weighted by atomic mass is 10.1. The van der Waals surface area contributed by atoms with Crippen molar-refractivity contribution in [2.24, 2.45) is 0 Å². The number of amides is 1. The molecule has 1 aliphatic rings. The molecule has 0 aliphatic carbocycles. The molecular formula is C18H20N2O2. The summed E-state index contributed by atoms with van der Waals surface area (Å²) < 4.78 is 5.14. The lowest BCUT2D eigenvalue weighted by molar-refractivity contribution is -0.118. The SMILES string of the molecule is COc1ccc(CCC(=O)N2CCc3ccc(N)cc32)cc1. The van der Waals surface area contributed by atoms with Gasteiger partial charge in [0.1, 0.15) is 5.75 Å². The molecule has 22 heavy (non-hydrogen) atoms. The first-order valence-corrected chi connectivity index (χ1v) is 7.49. The number of hydrogen-bond acceptors (Lipinski definition) is 3. The number of anilines is 2. The summed E-state index contributed by atoms with van der Waals surface area (Å²) in [4.78, 5) is 14.3. The van der Waals surface area contributed by atoms with Crippen molar-refractivity contribution in [1.82, 2.24) is 0 Å². The fourth-order valence-electron chi connectivity index (χ4n) is 2.83. The van der Waals surface area contributed by atoms with E-state index in [9.17, 15) is 4.79 Å². The Kier molecular flexibility index (Phi) is 4.00. The van der Waals surface area contributed by atoms with Crippen LogP contribution in [-0.4, -0.2) is 19.6 Å². The second kappa shape index (κ2) is 6.10. The zero-order valence-electron chi connectivity index (χ0n) is 12.7. The Labute approximate surface area is 130 Å². The third kappa shape index (κ3) is 2.91. The molecule has 0 fully saturated rings. The molecule has 3 rings (SSSR count). The van der Waals surface area contributed by atoms with Crippen molar-refractivity contribution in [1.29, 1.82) is 0 Å². The van der Waals surface area contributed by atoms with Crippen molar-refractivity contribution < 1.29 is 9.53 Å². The van der Waals surface area contributed by atoms with E-state index in [-0.39, 0.29) is 5.91 Å². The second-order valence-electron chi connectivity index (χ2n) is 5.53. The summed E-state index contributed by atoms with van der Waals surface area (Å²) in [6, 6.07) is 13.7. The van der Waals surface area contributed by atoms with Gasteiger partial charge in [-0.3, -0.25) is 4.79 Å². The Hall–Kier alpha value is -2.49. The maximum absolute atomic E-state index is 12.5. The first-order valence-electron chi connectivity index (χ1n) is 7.49. The van der Waals surface area contributed by atoms with E-state index in [1.54, 1.807) is 7.11 Å². The largest absolute Gasteiger partial charge is 0.497 e. The molecule has 1 aliphatic heterocycles. The van der Waals surface area contributed by atoms with Crippen LogP contribution in [0.1, 0.15) is 17.5 Å². The number of rotatable bonds is 4. The van der Waals surface area contributed by atoms with Crippen LogP contribution in [0.15, 0.2) is 42.5 Å². The number of fused-ring (bicyclic) bond motifs is 1. The van der Waals surface area contributed by atoms with Gasteiger partial charge in [-0.25, -0.2) is 0 Å². The maximum Gasteiger partial charge on any atom is 0.227 e. The number of carbonyl (C=O) groups is 1. The number of nitrogens with zero attached hydrogens (tertiary/aromatic N) is 1. The molecule has 0 saturated carbocycles. The molecule has 0 unspecified atom stereocenters. The number of carbonyl (C=O) groups excluding carboxylic acids is 1. The molecule has 4 nitrogen and oxygen atoms in total. The number of hydrogen-bond donors (Lipinski definition) is 1. The van der Waals surface area contributed by atoms with Gasteiger partial charge in [0.2, 0.25) is 5.91 Å². The van der Waals surface area contributed by atoms with Crippen LogP contribution in [0.2, 0.25) is 0 Å². The highest BCUT2D eigenvalue weighted by Crippen LogP contribution is 2.30.